The predicted octanol–water partition coefficient (Wildman–Crippen LogP) is 2.08. The summed E-state index contributed by atoms with van der Waals surface area (Å²) in [6.45, 7) is 7.56. The standard InChI is InChI=1S/C11H19N3S/c1-8-3-4-14(7-9(8)2)11-13-6-10(5-12)15-11/h6,8-9H,3-5,7,12H2,1-2H3. The Morgan fingerprint density at radius 1 is 1.53 bits per heavy atom. The van der Waals surface area contributed by atoms with Gasteiger partial charge in [0.15, 0.2) is 5.13 Å². The van der Waals surface area contributed by atoms with Crippen LogP contribution in [0.25, 0.3) is 0 Å². The molecule has 2 unspecified atom stereocenters. The first-order valence-corrected chi connectivity index (χ1v) is 6.42. The molecule has 2 rings (SSSR count). The quantitative estimate of drug-likeness (QED) is 0.838. The van der Waals surface area contributed by atoms with E-state index in [1.54, 1.807) is 11.3 Å². The van der Waals surface area contributed by atoms with Gasteiger partial charge in [-0.25, -0.2) is 4.98 Å². The SMILES string of the molecule is CC1CCN(c2ncc(CN)s2)CC1C. The van der Waals surface area contributed by atoms with Gasteiger partial charge in [0.05, 0.1) is 0 Å². The lowest BCUT2D eigenvalue weighted by Crippen LogP contribution is -2.38. The Morgan fingerprint density at radius 3 is 2.93 bits per heavy atom. The molecular formula is C11H19N3S. The highest BCUT2D eigenvalue weighted by molar-refractivity contribution is 7.15. The van der Waals surface area contributed by atoms with Gasteiger partial charge in [0.2, 0.25) is 0 Å². The second-order valence-electron chi connectivity index (χ2n) is 4.50. The van der Waals surface area contributed by atoms with Gasteiger partial charge in [0, 0.05) is 30.7 Å². The normalized spacial score (nSPS) is 27.0. The number of rotatable bonds is 2. The van der Waals surface area contributed by atoms with Crippen LogP contribution in [0.4, 0.5) is 5.13 Å². The van der Waals surface area contributed by atoms with E-state index in [-0.39, 0.29) is 0 Å². The summed E-state index contributed by atoms with van der Waals surface area (Å²) < 4.78 is 0. The Hall–Kier alpha value is -0.610. The third kappa shape index (κ3) is 2.32. The van der Waals surface area contributed by atoms with Gasteiger partial charge in [-0.1, -0.05) is 13.8 Å². The number of aromatic nitrogens is 1. The van der Waals surface area contributed by atoms with Gasteiger partial charge in [-0.3, -0.25) is 0 Å². The molecule has 2 N–H and O–H groups in total. The molecule has 1 aromatic heterocycles. The molecule has 1 saturated heterocycles. The molecule has 2 heterocycles. The molecule has 0 bridgehead atoms. The molecular weight excluding hydrogens is 206 g/mol. The molecule has 0 amide bonds. The van der Waals surface area contributed by atoms with Crippen LogP contribution < -0.4 is 10.6 Å². The van der Waals surface area contributed by atoms with E-state index in [0.29, 0.717) is 6.54 Å². The average molecular weight is 225 g/mol. The van der Waals surface area contributed by atoms with Gasteiger partial charge in [0.1, 0.15) is 0 Å². The molecule has 0 aromatic carbocycles. The third-order valence-corrected chi connectivity index (χ3v) is 4.43. The van der Waals surface area contributed by atoms with E-state index in [1.807, 2.05) is 6.20 Å². The van der Waals surface area contributed by atoms with Crippen LogP contribution >= 0.6 is 11.3 Å². The predicted molar refractivity (Wildman–Crippen MR) is 65.2 cm³/mol. The molecule has 84 valence electrons. The first kappa shape index (κ1) is 10.9. The van der Waals surface area contributed by atoms with Crippen molar-refractivity contribution in [1.29, 1.82) is 0 Å². The summed E-state index contributed by atoms with van der Waals surface area (Å²) in [5.41, 5.74) is 5.59. The van der Waals surface area contributed by atoms with Gasteiger partial charge in [0.25, 0.3) is 0 Å². The maximum absolute atomic E-state index is 5.59. The lowest BCUT2D eigenvalue weighted by molar-refractivity contribution is 0.324. The van der Waals surface area contributed by atoms with E-state index in [4.69, 9.17) is 5.73 Å². The van der Waals surface area contributed by atoms with Gasteiger partial charge >= 0.3 is 0 Å². The second kappa shape index (κ2) is 4.49. The Balaban J connectivity index is 2.05. The van der Waals surface area contributed by atoms with E-state index in [0.717, 1.165) is 30.1 Å². The summed E-state index contributed by atoms with van der Waals surface area (Å²) in [4.78, 5) is 8.01. The van der Waals surface area contributed by atoms with Gasteiger partial charge in [-0.2, -0.15) is 0 Å². The molecule has 4 heteroatoms. The van der Waals surface area contributed by atoms with E-state index in [9.17, 15) is 0 Å². The summed E-state index contributed by atoms with van der Waals surface area (Å²) >= 11 is 1.73. The number of nitrogens with two attached hydrogens (primary N) is 1. The van der Waals surface area contributed by atoms with Crippen LogP contribution in [-0.2, 0) is 6.54 Å². The van der Waals surface area contributed by atoms with Crippen LogP contribution in [0.5, 0.6) is 0 Å². The highest BCUT2D eigenvalue weighted by Crippen LogP contribution is 2.29. The van der Waals surface area contributed by atoms with Crippen LogP contribution in [0, 0.1) is 11.8 Å². The van der Waals surface area contributed by atoms with Crippen LogP contribution in [-0.4, -0.2) is 18.1 Å². The zero-order valence-electron chi connectivity index (χ0n) is 9.44. The maximum Gasteiger partial charge on any atom is 0.185 e. The average Bonchev–Trinajstić information content (AvgIpc) is 2.70. The molecule has 1 fully saturated rings. The summed E-state index contributed by atoms with van der Waals surface area (Å²) in [7, 11) is 0. The third-order valence-electron chi connectivity index (χ3n) is 3.35. The zero-order chi connectivity index (χ0) is 10.8. The highest BCUT2D eigenvalue weighted by Gasteiger charge is 2.24. The smallest absolute Gasteiger partial charge is 0.185 e. The first-order chi connectivity index (χ1) is 7.20. The second-order valence-corrected chi connectivity index (χ2v) is 5.60. The van der Waals surface area contributed by atoms with E-state index >= 15 is 0 Å². The number of hydrogen-bond acceptors (Lipinski definition) is 4. The summed E-state index contributed by atoms with van der Waals surface area (Å²) in [6, 6.07) is 0. The van der Waals surface area contributed by atoms with Crippen molar-refractivity contribution in [1.82, 2.24) is 4.98 Å². The van der Waals surface area contributed by atoms with Crippen molar-refractivity contribution in [3.8, 4) is 0 Å². The fourth-order valence-electron chi connectivity index (χ4n) is 1.97. The summed E-state index contributed by atoms with van der Waals surface area (Å²) in [5, 5.41) is 1.15. The lowest BCUT2D eigenvalue weighted by atomic mass is 9.89. The molecule has 1 aliphatic heterocycles. The Morgan fingerprint density at radius 2 is 2.33 bits per heavy atom. The largest absolute Gasteiger partial charge is 0.348 e. The van der Waals surface area contributed by atoms with Gasteiger partial charge in [-0.15, -0.1) is 11.3 Å². The van der Waals surface area contributed by atoms with Gasteiger partial charge in [-0.05, 0) is 18.3 Å². The Kier molecular flexibility index (Phi) is 3.26. The Labute approximate surface area is 95.3 Å². The van der Waals surface area contributed by atoms with Crippen molar-refractivity contribution in [3.05, 3.63) is 11.1 Å². The van der Waals surface area contributed by atoms with Crippen LogP contribution in [0.3, 0.4) is 0 Å². The molecule has 2 atom stereocenters. The fraction of sp³-hybridized carbons (Fsp3) is 0.727. The minimum Gasteiger partial charge on any atom is -0.348 e. The highest BCUT2D eigenvalue weighted by atomic mass is 32.1. The lowest BCUT2D eigenvalue weighted by Gasteiger charge is -2.35. The summed E-state index contributed by atoms with van der Waals surface area (Å²) in [5.74, 6) is 1.61. The van der Waals surface area contributed by atoms with E-state index < -0.39 is 0 Å². The molecule has 0 spiro atoms. The van der Waals surface area contributed by atoms with E-state index in [2.05, 4.69) is 23.7 Å². The van der Waals surface area contributed by atoms with Crippen molar-refractivity contribution in [2.24, 2.45) is 17.6 Å². The minimum absolute atomic E-state index is 0.609. The van der Waals surface area contributed by atoms with Gasteiger partial charge < -0.3 is 10.6 Å². The summed E-state index contributed by atoms with van der Waals surface area (Å²) in [6.07, 6.45) is 3.18. The van der Waals surface area contributed by atoms with Crippen LogP contribution in [0.2, 0.25) is 0 Å². The maximum atomic E-state index is 5.59. The van der Waals surface area contributed by atoms with Crippen molar-refractivity contribution < 1.29 is 0 Å². The van der Waals surface area contributed by atoms with Crippen molar-refractivity contribution in [2.75, 3.05) is 18.0 Å². The first-order valence-electron chi connectivity index (χ1n) is 5.60. The zero-order valence-corrected chi connectivity index (χ0v) is 10.3. The molecule has 3 nitrogen and oxygen atoms in total. The van der Waals surface area contributed by atoms with Crippen molar-refractivity contribution in [2.45, 2.75) is 26.8 Å². The molecule has 1 aliphatic rings. The number of anilines is 1. The fourth-order valence-corrected chi connectivity index (χ4v) is 2.80. The minimum atomic E-state index is 0.609. The number of nitrogens with zero attached hydrogens (tertiary/aromatic N) is 2. The number of hydrogen-bond donors (Lipinski definition) is 1. The topological polar surface area (TPSA) is 42.2 Å². The van der Waals surface area contributed by atoms with Crippen LogP contribution in [0.1, 0.15) is 25.1 Å². The van der Waals surface area contributed by atoms with Crippen LogP contribution in [0.15, 0.2) is 6.20 Å². The van der Waals surface area contributed by atoms with Crippen molar-refractivity contribution in [3.63, 3.8) is 0 Å². The molecule has 0 saturated carbocycles. The number of thiazole rings is 1. The molecule has 1 aromatic rings. The monoisotopic (exact) mass is 225 g/mol. The Bertz CT molecular complexity index is 323. The molecule has 0 aliphatic carbocycles. The number of piperidine rings is 1. The van der Waals surface area contributed by atoms with E-state index in [1.165, 1.54) is 11.3 Å². The molecule has 0 radical (unpaired) electrons. The van der Waals surface area contributed by atoms with Crippen molar-refractivity contribution >= 4 is 16.5 Å². The molecule has 15 heavy (non-hydrogen) atoms.